The van der Waals surface area contributed by atoms with Crippen molar-refractivity contribution in [3.05, 3.63) is 53.9 Å². The number of carbonyl (C=O) groups excluding carboxylic acids is 1. The van der Waals surface area contributed by atoms with Crippen molar-refractivity contribution in [1.29, 1.82) is 0 Å². The van der Waals surface area contributed by atoms with Gasteiger partial charge in [-0.1, -0.05) is 31.7 Å². The van der Waals surface area contributed by atoms with Gasteiger partial charge in [0.1, 0.15) is 5.75 Å². The summed E-state index contributed by atoms with van der Waals surface area (Å²) in [6.07, 6.45) is 2.69. The first kappa shape index (κ1) is 16.6. The van der Waals surface area contributed by atoms with Gasteiger partial charge >= 0.3 is 0 Å². The minimum absolute atomic E-state index is 0.0662. The van der Waals surface area contributed by atoms with Crippen LogP contribution in [0, 0.1) is 6.92 Å². The number of nitrogens with zero attached hydrogens (tertiary/aromatic N) is 2. The van der Waals surface area contributed by atoms with Crippen LogP contribution in [0.3, 0.4) is 0 Å². The standard InChI is InChI=1S/C17H22N4O2/c1-5-14-8-6-7-9-16(14)23-11-17(22)19-18-12(2)15-10-21(4)20-13(15)3/h6-10,18H,2,5,11H2,1,3-4H3,(H,19,22). The summed E-state index contributed by atoms with van der Waals surface area (Å²) in [5.74, 6) is 0.450. The molecule has 2 rings (SSSR count). The van der Waals surface area contributed by atoms with E-state index >= 15 is 0 Å². The Bertz CT molecular complexity index is 706. The Labute approximate surface area is 136 Å². The molecule has 1 amide bonds. The Morgan fingerprint density at radius 1 is 1.35 bits per heavy atom. The molecule has 122 valence electrons. The lowest BCUT2D eigenvalue weighted by Gasteiger charge is -2.12. The van der Waals surface area contributed by atoms with E-state index in [9.17, 15) is 4.79 Å². The van der Waals surface area contributed by atoms with Gasteiger partial charge in [-0.25, -0.2) is 0 Å². The van der Waals surface area contributed by atoms with E-state index in [0.29, 0.717) is 5.70 Å². The number of hydrogen-bond donors (Lipinski definition) is 2. The van der Waals surface area contributed by atoms with E-state index < -0.39 is 0 Å². The molecule has 1 aromatic carbocycles. The average Bonchev–Trinajstić information content (AvgIpc) is 2.89. The van der Waals surface area contributed by atoms with Gasteiger partial charge in [-0.05, 0) is 25.0 Å². The summed E-state index contributed by atoms with van der Waals surface area (Å²) in [5, 5.41) is 4.23. The Kier molecular flexibility index (Phi) is 5.41. The minimum atomic E-state index is -0.279. The summed E-state index contributed by atoms with van der Waals surface area (Å²) in [6, 6.07) is 7.68. The molecule has 0 saturated carbocycles. The largest absolute Gasteiger partial charge is 0.483 e. The maximum atomic E-state index is 11.9. The lowest BCUT2D eigenvalue weighted by atomic mass is 10.1. The summed E-state index contributed by atoms with van der Waals surface area (Å²) >= 11 is 0. The third kappa shape index (κ3) is 4.35. The predicted octanol–water partition coefficient (Wildman–Crippen LogP) is 1.96. The number of aromatic nitrogens is 2. The lowest BCUT2D eigenvalue weighted by molar-refractivity contribution is -0.123. The van der Waals surface area contributed by atoms with E-state index in [2.05, 4.69) is 22.5 Å². The van der Waals surface area contributed by atoms with Crippen LogP contribution in [0.5, 0.6) is 5.75 Å². The van der Waals surface area contributed by atoms with Gasteiger partial charge in [-0.15, -0.1) is 0 Å². The molecule has 0 spiro atoms. The number of amides is 1. The molecule has 1 aromatic heterocycles. The normalized spacial score (nSPS) is 10.2. The summed E-state index contributed by atoms with van der Waals surface area (Å²) in [5.41, 5.74) is 8.71. The first-order valence-corrected chi connectivity index (χ1v) is 7.46. The van der Waals surface area contributed by atoms with Gasteiger partial charge < -0.3 is 4.74 Å². The van der Waals surface area contributed by atoms with Crippen LogP contribution < -0.4 is 15.6 Å². The van der Waals surface area contributed by atoms with E-state index in [-0.39, 0.29) is 12.5 Å². The van der Waals surface area contributed by atoms with Crippen molar-refractivity contribution in [2.45, 2.75) is 20.3 Å². The second kappa shape index (κ2) is 7.49. The minimum Gasteiger partial charge on any atom is -0.483 e. The van der Waals surface area contributed by atoms with E-state index in [1.165, 1.54) is 0 Å². The van der Waals surface area contributed by atoms with Crippen molar-refractivity contribution in [3.63, 3.8) is 0 Å². The quantitative estimate of drug-likeness (QED) is 0.767. The molecular weight excluding hydrogens is 292 g/mol. The van der Waals surface area contributed by atoms with Gasteiger partial charge in [0.15, 0.2) is 6.61 Å². The zero-order chi connectivity index (χ0) is 16.8. The molecule has 23 heavy (non-hydrogen) atoms. The van der Waals surface area contributed by atoms with Crippen LogP contribution in [0.15, 0.2) is 37.0 Å². The highest BCUT2D eigenvalue weighted by atomic mass is 16.5. The van der Waals surface area contributed by atoms with Gasteiger partial charge in [0.05, 0.1) is 11.4 Å². The van der Waals surface area contributed by atoms with Gasteiger partial charge in [0.2, 0.25) is 0 Å². The molecule has 0 bridgehead atoms. The van der Waals surface area contributed by atoms with Crippen molar-refractivity contribution < 1.29 is 9.53 Å². The fraction of sp³-hybridized carbons (Fsp3) is 0.294. The first-order valence-electron chi connectivity index (χ1n) is 7.46. The van der Waals surface area contributed by atoms with Gasteiger partial charge in [-0.3, -0.25) is 20.3 Å². The number of hydrogen-bond acceptors (Lipinski definition) is 4. The molecule has 0 saturated heterocycles. The number of para-hydroxylation sites is 1. The summed E-state index contributed by atoms with van der Waals surface area (Å²) in [4.78, 5) is 11.9. The lowest BCUT2D eigenvalue weighted by Crippen LogP contribution is -2.39. The van der Waals surface area contributed by atoms with Crippen molar-refractivity contribution in [2.75, 3.05) is 6.61 Å². The van der Waals surface area contributed by atoms with Crippen LogP contribution in [-0.4, -0.2) is 22.3 Å². The Morgan fingerprint density at radius 2 is 2.09 bits per heavy atom. The first-order chi connectivity index (χ1) is 11.0. The third-order valence-corrected chi connectivity index (χ3v) is 3.40. The smallest absolute Gasteiger partial charge is 0.276 e. The number of benzene rings is 1. The van der Waals surface area contributed by atoms with Gasteiger partial charge in [-0.2, -0.15) is 5.10 Å². The van der Waals surface area contributed by atoms with E-state index in [4.69, 9.17) is 4.74 Å². The monoisotopic (exact) mass is 314 g/mol. The highest BCUT2D eigenvalue weighted by Crippen LogP contribution is 2.18. The van der Waals surface area contributed by atoms with Crippen molar-refractivity contribution in [3.8, 4) is 5.75 Å². The van der Waals surface area contributed by atoms with Crippen molar-refractivity contribution >= 4 is 11.6 Å². The van der Waals surface area contributed by atoms with Crippen LogP contribution in [0.25, 0.3) is 5.70 Å². The molecule has 0 atom stereocenters. The maximum absolute atomic E-state index is 11.9. The molecule has 0 aliphatic carbocycles. The number of ether oxygens (including phenoxy) is 1. The van der Waals surface area contributed by atoms with Crippen molar-refractivity contribution in [2.24, 2.45) is 7.05 Å². The second-order valence-electron chi connectivity index (χ2n) is 5.20. The van der Waals surface area contributed by atoms with E-state index in [1.807, 2.05) is 51.4 Å². The highest BCUT2D eigenvalue weighted by molar-refractivity contribution is 5.78. The number of aryl methyl sites for hydroxylation is 3. The van der Waals surface area contributed by atoms with Crippen LogP contribution >= 0.6 is 0 Å². The second-order valence-corrected chi connectivity index (χ2v) is 5.20. The third-order valence-electron chi connectivity index (χ3n) is 3.40. The predicted molar refractivity (Wildman–Crippen MR) is 89.6 cm³/mol. The van der Waals surface area contributed by atoms with Gasteiger partial charge in [0, 0.05) is 18.8 Å². The number of hydrazine groups is 1. The Hall–Kier alpha value is -2.76. The summed E-state index contributed by atoms with van der Waals surface area (Å²) in [7, 11) is 1.83. The maximum Gasteiger partial charge on any atom is 0.276 e. The Morgan fingerprint density at radius 3 is 2.74 bits per heavy atom. The molecule has 0 aliphatic rings. The van der Waals surface area contributed by atoms with E-state index in [0.717, 1.165) is 29.0 Å². The molecule has 0 unspecified atom stereocenters. The zero-order valence-electron chi connectivity index (χ0n) is 13.7. The molecule has 6 nitrogen and oxygen atoms in total. The molecular formula is C17H22N4O2. The molecule has 0 radical (unpaired) electrons. The molecule has 1 heterocycles. The molecule has 2 N–H and O–H groups in total. The molecule has 2 aromatic rings. The average molecular weight is 314 g/mol. The van der Waals surface area contributed by atoms with Crippen molar-refractivity contribution in [1.82, 2.24) is 20.6 Å². The number of rotatable bonds is 7. The SMILES string of the molecule is C=C(NNC(=O)COc1ccccc1CC)c1cn(C)nc1C. The molecule has 6 heteroatoms. The zero-order valence-corrected chi connectivity index (χ0v) is 13.7. The number of carbonyl (C=O) groups is 1. The highest BCUT2D eigenvalue weighted by Gasteiger charge is 2.09. The van der Waals surface area contributed by atoms with Gasteiger partial charge in [0.25, 0.3) is 5.91 Å². The molecule has 0 aliphatic heterocycles. The fourth-order valence-corrected chi connectivity index (χ4v) is 2.22. The molecule has 0 fully saturated rings. The summed E-state index contributed by atoms with van der Waals surface area (Å²) in [6.45, 7) is 7.76. The topological polar surface area (TPSA) is 68.2 Å². The van der Waals surface area contributed by atoms with Crippen LogP contribution in [-0.2, 0) is 18.3 Å². The number of nitrogens with one attached hydrogen (secondary N) is 2. The van der Waals surface area contributed by atoms with Crippen LogP contribution in [0.1, 0.15) is 23.7 Å². The van der Waals surface area contributed by atoms with Crippen LogP contribution in [0.2, 0.25) is 0 Å². The Balaban J connectivity index is 1.83. The summed E-state index contributed by atoms with van der Waals surface area (Å²) < 4.78 is 7.26. The van der Waals surface area contributed by atoms with E-state index in [1.54, 1.807) is 4.68 Å². The fourth-order valence-electron chi connectivity index (χ4n) is 2.22. The van der Waals surface area contributed by atoms with Crippen LogP contribution in [0.4, 0.5) is 0 Å².